The van der Waals surface area contributed by atoms with Gasteiger partial charge in [0.1, 0.15) is 0 Å². The number of unbranched alkanes of at least 4 members (excludes halogenated alkanes) is 1. The first-order valence-electron chi connectivity index (χ1n) is 5.71. The minimum Gasteiger partial charge on any atom is -0.317 e. The predicted molar refractivity (Wildman–Crippen MR) is 59.6 cm³/mol. The van der Waals surface area contributed by atoms with E-state index in [1.165, 1.54) is 10.9 Å². The number of aryl methyl sites for hydroxylation is 1. The zero-order valence-corrected chi connectivity index (χ0v) is 10.1. The minimum absolute atomic E-state index is 0.443. The van der Waals surface area contributed by atoms with Gasteiger partial charge in [-0.1, -0.05) is 6.42 Å². The van der Waals surface area contributed by atoms with Crippen molar-refractivity contribution in [1.82, 2.24) is 15.1 Å². The van der Waals surface area contributed by atoms with Gasteiger partial charge in [0, 0.05) is 18.8 Å². The molecule has 0 fully saturated rings. The molecule has 3 nitrogen and oxygen atoms in total. The predicted octanol–water partition coefficient (Wildman–Crippen LogP) is 2.68. The fourth-order valence-electron chi connectivity index (χ4n) is 1.51. The molecule has 1 unspecified atom stereocenters. The SMILES string of the molecule is CNC(C)CCCCn1ccc(C(F)(F)F)n1. The lowest BCUT2D eigenvalue weighted by atomic mass is 10.1. The molecule has 0 radical (unpaired) electrons. The Hall–Kier alpha value is -1.04. The summed E-state index contributed by atoms with van der Waals surface area (Å²) in [5, 5.41) is 6.61. The number of hydrogen-bond donors (Lipinski definition) is 1. The molecule has 1 rings (SSSR count). The van der Waals surface area contributed by atoms with E-state index < -0.39 is 11.9 Å². The molecule has 0 spiro atoms. The van der Waals surface area contributed by atoms with Crippen molar-refractivity contribution in [2.24, 2.45) is 0 Å². The third-order valence-electron chi connectivity index (χ3n) is 2.70. The van der Waals surface area contributed by atoms with Crippen LogP contribution in [-0.2, 0) is 12.7 Å². The first kappa shape index (κ1) is 14.0. The molecular weight excluding hydrogens is 231 g/mol. The molecule has 0 saturated heterocycles. The highest BCUT2D eigenvalue weighted by molar-refractivity contribution is 5.03. The summed E-state index contributed by atoms with van der Waals surface area (Å²) >= 11 is 0. The van der Waals surface area contributed by atoms with Gasteiger partial charge < -0.3 is 5.32 Å². The molecule has 1 aromatic rings. The van der Waals surface area contributed by atoms with Crippen LogP contribution in [0.15, 0.2) is 12.3 Å². The summed E-state index contributed by atoms with van der Waals surface area (Å²) in [4.78, 5) is 0. The maximum Gasteiger partial charge on any atom is 0.435 e. The number of nitrogens with zero attached hydrogens (tertiary/aromatic N) is 2. The van der Waals surface area contributed by atoms with Crippen molar-refractivity contribution in [1.29, 1.82) is 0 Å². The van der Waals surface area contributed by atoms with Gasteiger partial charge in [-0.2, -0.15) is 18.3 Å². The van der Waals surface area contributed by atoms with Gasteiger partial charge in [0.25, 0.3) is 0 Å². The first-order chi connectivity index (χ1) is 7.93. The Bertz CT molecular complexity index is 333. The zero-order chi connectivity index (χ0) is 12.9. The average molecular weight is 249 g/mol. The largest absolute Gasteiger partial charge is 0.435 e. The van der Waals surface area contributed by atoms with Crippen molar-refractivity contribution in [3.05, 3.63) is 18.0 Å². The molecule has 6 heteroatoms. The number of halogens is 3. The summed E-state index contributed by atoms with van der Waals surface area (Å²) in [6, 6.07) is 1.45. The lowest BCUT2D eigenvalue weighted by Gasteiger charge is -2.09. The summed E-state index contributed by atoms with van der Waals surface area (Å²) in [5.41, 5.74) is -0.818. The highest BCUT2D eigenvalue weighted by atomic mass is 19.4. The second-order valence-electron chi connectivity index (χ2n) is 4.15. The summed E-state index contributed by atoms with van der Waals surface area (Å²) in [6.45, 7) is 2.61. The van der Waals surface area contributed by atoms with Gasteiger partial charge >= 0.3 is 6.18 Å². The van der Waals surface area contributed by atoms with Crippen LogP contribution in [0.3, 0.4) is 0 Å². The van der Waals surface area contributed by atoms with Crippen molar-refractivity contribution >= 4 is 0 Å². The number of aromatic nitrogens is 2. The van der Waals surface area contributed by atoms with Crippen LogP contribution in [0.5, 0.6) is 0 Å². The molecule has 0 amide bonds. The van der Waals surface area contributed by atoms with Crippen molar-refractivity contribution in [3.63, 3.8) is 0 Å². The fraction of sp³-hybridized carbons (Fsp3) is 0.727. The number of hydrogen-bond acceptors (Lipinski definition) is 2. The van der Waals surface area contributed by atoms with E-state index in [-0.39, 0.29) is 0 Å². The van der Waals surface area contributed by atoms with Crippen LogP contribution in [-0.4, -0.2) is 22.9 Å². The van der Waals surface area contributed by atoms with E-state index in [9.17, 15) is 13.2 Å². The number of alkyl halides is 3. The smallest absolute Gasteiger partial charge is 0.317 e. The van der Waals surface area contributed by atoms with Gasteiger partial charge in [0.15, 0.2) is 5.69 Å². The van der Waals surface area contributed by atoms with Gasteiger partial charge in [-0.15, -0.1) is 0 Å². The van der Waals surface area contributed by atoms with Gasteiger partial charge in [0.2, 0.25) is 0 Å². The van der Waals surface area contributed by atoms with Gasteiger partial charge in [-0.25, -0.2) is 0 Å². The molecule has 0 saturated carbocycles. The van der Waals surface area contributed by atoms with E-state index in [0.717, 1.165) is 25.3 Å². The quantitative estimate of drug-likeness (QED) is 0.785. The Balaban J connectivity index is 2.31. The Kier molecular flexibility index (Phi) is 4.99. The number of nitrogens with one attached hydrogen (secondary N) is 1. The molecule has 1 N–H and O–H groups in total. The van der Waals surface area contributed by atoms with Crippen molar-refractivity contribution in [3.8, 4) is 0 Å². The standard InChI is InChI=1S/C11H18F3N3/c1-9(15-2)5-3-4-7-17-8-6-10(16-17)11(12,13)14/h6,8-9,15H,3-5,7H2,1-2H3. The second kappa shape index (κ2) is 6.05. The Labute approximate surface area is 99.0 Å². The molecule has 0 aliphatic carbocycles. The molecule has 98 valence electrons. The molecule has 1 atom stereocenters. The van der Waals surface area contributed by atoms with Crippen LogP contribution >= 0.6 is 0 Å². The minimum atomic E-state index is -4.34. The van der Waals surface area contributed by atoms with E-state index >= 15 is 0 Å². The van der Waals surface area contributed by atoms with Gasteiger partial charge in [0.05, 0.1) is 0 Å². The van der Waals surface area contributed by atoms with Crippen LogP contribution in [0.4, 0.5) is 13.2 Å². The van der Waals surface area contributed by atoms with E-state index in [4.69, 9.17) is 0 Å². The van der Waals surface area contributed by atoms with Crippen LogP contribution in [0.1, 0.15) is 31.9 Å². The van der Waals surface area contributed by atoms with E-state index in [1.807, 2.05) is 7.05 Å². The van der Waals surface area contributed by atoms with Crippen molar-refractivity contribution < 1.29 is 13.2 Å². The van der Waals surface area contributed by atoms with Crippen LogP contribution in [0.25, 0.3) is 0 Å². The van der Waals surface area contributed by atoms with Crippen molar-refractivity contribution in [2.75, 3.05) is 7.05 Å². The monoisotopic (exact) mass is 249 g/mol. The summed E-state index contributed by atoms with van der Waals surface area (Å²) in [6.07, 6.45) is -0.131. The zero-order valence-electron chi connectivity index (χ0n) is 10.1. The van der Waals surface area contributed by atoms with Crippen LogP contribution in [0, 0.1) is 0 Å². The Morgan fingerprint density at radius 3 is 2.65 bits per heavy atom. The molecule has 0 aliphatic rings. The lowest BCUT2D eigenvalue weighted by Crippen LogP contribution is -2.20. The second-order valence-corrected chi connectivity index (χ2v) is 4.15. The van der Waals surface area contributed by atoms with Crippen LogP contribution < -0.4 is 5.32 Å². The van der Waals surface area contributed by atoms with E-state index in [0.29, 0.717) is 12.6 Å². The summed E-state index contributed by atoms with van der Waals surface area (Å²) < 4.78 is 38.1. The van der Waals surface area contributed by atoms with Gasteiger partial charge in [-0.3, -0.25) is 4.68 Å². The normalized spacial score (nSPS) is 13.9. The Morgan fingerprint density at radius 1 is 1.41 bits per heavy atom. The molecule has 0 bridgehead atoms. The number of rotatable bonds is 6. The molecule has 17 heavy (non-hydrogen) atoms. The van der Waals surface area contributed by atoms with E-state index in [1.54, 1.807) is 0 Å². The van der Waals surface area contributed by atoms with Crippen LogP contribution in [0.2, 0.25) is 0 Å². The van der Waals surface area contributed by atoms with Crippen molar-refractivity contribution in [2.45, 2.75) is 44.9 Å². The topological polar surface area (TPSA) is 29.9 Å². The molecule has 0 aromatic carbocycles. The fourth-order valence-corrected chi connectivity index (χ4v) is 1.51. The van der Waals surface area contributed by atoms with Gasteiger partial charge in [-0.05, 0) is 32.9 Å². The summed E-state index contributed by atoms with van der Waals surface area (Å²) in [5.74, 6) is 0. The molecule has 1 heterocycles. The highest BCUT2D eigenvalue weighted by Crippen LogP contribution is 2.27. The third kappa shape index (κ3) is 4.77. The molecule has 0 aliphatic heterocycles. The van der Waals surface area contributed by atoms with E-state index in [2.05, 4.69) is 17.3 Å². The highest BCUT2D eigenvalue weighted by Gasteiger charge is 2.33. The average Bonchev–Trinajstić information content (AvgIpc) is 2.72. The maximum absolute atomic E-state index is 12.3. The lowest BCUT2D eigenvalue weighted by molar-refractivity contribution is -0.141. The molecule has 1 aromatic heterocycles. The first-order valence-corrected chi connectivity index (χ1v) is 5.71. The Morgan fingerprint density at radius 2 is 2.12 bits per heavy atom. The third-order valence-corrected chi connectivity index (χ3v) is 2.70. The maximum atomic E-state index is 12.3. The summed E-state index contributed by atoms with van der Waals surface area (Å²) in [7, 11) is 1.90. The molecular formula is C11H18F3N3.